The van der Waals surface area contributed by atoms with Crippen LogP contribution in [0.5, 0.6) is 0 Å². The first kappa shape index (κ1) is 14.3. The molecule has 0 amide bonds. The van der Waals surface area contributed by atoms with Crippen molar-refractivity contribution in [3.8, 4) is 0 Å². The van der Waals surface area contributed by atoms with Gasteiger partial charge in [-0.15, -0.1) is 11.6 Å². The maximum atomic E-state index is 13.5. The zero-order valence-electron chi connectivity index (χ0n) is 11.7. The Morgan fingerprint density at radius 1 is 1.37 bits per heavy atom. The van der Waals surface area contributed by atoms with Crippen LogP contribution in [0.3, 0.4) is 0 Å². The lowest BCUT2D eigenvalue weighted by Crippen LogP contribution is -2.10. The summed E-state index contributed by atoms with van der Waals surface area (Å²) in [4.78, 5) is 4.55. The standard InChI is InChI=1S/C15H20ClFN2/c1-4-5-6-10(2)19-14-9-12(17)7-8-13(14)18-15(19)11(3)16/h7-11H,4-6H2,1-3H3. The molecule has 0 saturated carbocycles. The van der Waals surface area contributed by atoms with Crippen molar-refractivity contribution in [2.45, 2.75) is 51.5 Å². The van der Waals surface area contributed by atoms with Crippen LogP contribution in [0.2, 0.25) is 0 Å². The van der Waals surface area contributed by atoms with Crippen molar-refractivity contribution >= 4 is 22.6 Å². The van der Waals surface area contributed by atoms with Crippen LogP contribution < -0.4 is 0 Å². The van der Waals surface area contributed by atoms with Crippen LogP contribution in [0.1, 0.15) is 57.3 Å². The number of unbranched alkanes of at least 4 members (excludes halogenated alkanes) is 1. The number of aromatic nitrogens is 2. The summed E-state index contributed by atoms with van der Waals surface area (Å²) in [6.07, 6.45) is 3.35. The fraction of sp³-hybridized carbons (Fsp3) is 0.533. The lowest BCUT2D eigenvalue weighted by atomic mass is 10.1. The van der Waals surface area contributed by atoms with Gasteiger partial charge in [-0.05, 0) is 38.5 Å². The number of alkyl halides is 1. The Hall–Kier alpha value is -1.09. The summed E-state index contributed by atoms with van der Waals surface area (Å²) in [5.74, 6) is 0.594. The van der Waals surface area contributed by atoms with Crippen LogP contribution in [-0.2, 0) is 0 Å². The first-order chi connectivity index (χ1) is 9.04. The van der Waals surface area contributed by atoms with Gasteiger partial charge in [-0.3, -0.25) is 0 Å². The minimum absolute atomic E-state index is 0.181. The van der Waals surface area contributed by atoms with E-state index in [2.05, 4.69) is 23.4 Å². The highest BCUT2D eigenvalue weighted by Crippen LogP contribution is 2.30. The van der Waals surface area contributed by atoms with Crippen molar-refractivity contribution in [1.82, 2.24) is 9.55 Å². The number of imidazole rings is 1. The Balaban J connectivity index is 2.53. The molecule has 0 saturated heterocycles. The third-order valence-corrected chi connectivity index (χ3v) is 3.65. The summed E-state index contributed by atoms with van der Waals surface area (Å²) in [6, 6.07) is 4.99. The lowest BCUT2D eigenvalue weighted by molar-refractivity contribution is 0.479. The minimum atomic E-state index is -0.231. The van der Waals surface area contributed by atoms with Gasteiger partial charge in [-0.2, -0.15) is 0 Å². The lowest BCUT2D eigenvalue weighted by Gasteiger charge is -2.18. The van der Waals surface area contributed by atoms with Crippen LogP contribution in [0.25, 0.3) is 11.0 Å². The van der Waals surface area contributed by atoms with Crippen LogP contribution in [0, 0.1) is 5.82 Å². The van der Waals surface area contributed by atoms with E-state index in [1.165, 1.54) is 6.07 Å². The smallest absolute Gasteiger partial charge is 0.127 e. The highest BCUT2D eigenvalue weighted by Gasteiger charge is 2.19. The van der Waals surface area contributed by atoms with Gasteiger partial charge in [0.2, 0.25) is 0 Å². The molecular weight excluding hydrogens is 263 g/mol. The minimum Gasteiger partial charge on any atom is -0.324 e. The van der Waals surface area contributed by atoms with Crippen LogP contribution in [-0.4, -0.2) is 9.55 Å². The molecule has 19 heavy (non-hydrogen) atoms. The molecule has 0 aliphatic heterocycles. The zero-order valence-corrected chi connectivity index (χ0v) is 12.4. The van der Waals surface area contributed by atoms with Gasteiger partial charge in [0.15, 0.2) is 0 Å². The van der Waals surface area contributed by atoms with Gasteiger partial charge in [-0.25, -0.2) is 9.37 Å². The number of hydrogen-bond donors (Lipinski definition) is 0. The van der Waals surface area contributed by atoms with E-state index in [4.69, 9.17) is 11.6 Å². The Kier molecular flexibility index (Phi) is 4.46. The largest absolute Gasteiger partial charge is 0.324 e. The van der Waals surface area contributed by atoms with Crippen molar-refractivity contribution in [1.29, 1.82) is 0 Å². The average molecular weight is 283 g/mol. The van der Waals surface area contributed by atoms with Gasteiger partial charge >= 0.3 is 0 Å². The molecule has 0 aliphatic carbocycles. The molecule has 0 radical (unpaired) electrons. The quantitative estimate of drug-likeness (QED) is 0.687. The second-order valence-corrected chi connectivity index (χ2v) is 5.73. The summed E-state index contributed by atoms with van der Waals surface area (Å²) in [6.45, 7) is 6.22. The summed E-state index contributed by atoms with van der Waals surface area (Å²) < 4.78 is 15.6. The van der Waals surface area contributed by atoms with Crippen molar-refractivity contribution in [2.24, 2.45) is 0 Å². The maximum Gasteiger partial charge on any atom is 0.127 e. The van der Waals surface area contributed by atoms with E-state index < -0.39 is 0 Å². The summed E-state index contributed by atoms with van der Waals surface area (Å²) in [7, 11) is 0. The van der Waals surface area contributed by atoms with Crippen molar-refractivity contribution in [3.05, 3.63) is 29.8 Å². The number of fused-ring (bicyclic) bond motifs is 1. The first-order valence-corrected chi connectivity index (χ1v) is 7.29. The third kappa shape index (κ3) is 2.92. The van der Waals surface area contributed by atoms with Gasteiger partial charge in [0.25, 0.3) is 0 Å². The monoisotopic (exact) mass is 282 g/mol. The SMILES string of the molecule is CCCCC(C)n1c(C(C)Cl)nc2ccc(F)cc21. The molecule has 4 heteroatoms. The van der Waals surface area contributed by atoms with Crippen molar-refractivity contribution in [2.75, 3.05) is 0 Å². The third-order valence-electron chi connectivity index (χ3n) is 3.45. The molecule has 104 valence electrons. The zero-order chi connectivity index (χ0) is 14.0. The number of halogens is 2. The molecule has 0 N–H and O–H groups in total. The average Bonchev–Trinajstić information content (AvgIpc) is 2.74. The second-order valence-electron chi connectivity index (χ2n) is 5.08. The van der Waals surface area contributed by atoms with Crippen molar-refractivity contribution < 1.29 is 4.39 Å². The molecular formula is C15H20ClFN2. The van der Waals surface area contributed by atoms with E-state index in [0.29, 0.717) is 0 Å². The molecule has 2 nitrogen and oxygen atoms in total. The summed E-state index contributed by atoms with van der Waals surface area (Å²) in [5, 5.41) is -0.181. The Morgan fingerprint density at radius 3 is 2.74 bits per heavy atom. The van der Waals surface area contributed by atoms with Crippen LogP contribution in [0.15, 0.2) is 18.2 Å². The van der Waals surface area contributed by atoms with E-state index in [9.17, 15) is 4.39 Å². The molecule has 2 aromatic rings. The fourth-order valence-electron chi connectivity index (χ4n) is 2.46. The van der Waals surface area contributed by atoms with Gasteiger partial charge in [-0.1, -0.05) is 19.8 Å². The fourth-order valence-corrected chi connectivity index (χ4v) is 2.61. The molecule has 0 bridgehead atoms. The highest BCUT2D eigenvalue weighted by atomic mass is 35.5. The topological polar surface area (TPSA) is 17.8 Å². The van der Waals surface area contributed by atoms with E-state index in [0.717, 1.165) is 36.1 Å². The number of benzene rings is 1. The number of rotatable bonds is 5. The predicted molar refractivity (Wildman–Crippen MR) is 78.2 cm³/mol. The molecule has 1 heterocycles. The van der Waals surface area contributed by atoms with Crippen LogP contribution in [0.4, 0.5) is 4.39 Å². The summed E-state index contributed by atoms with van der Waals surface area (Å²) in [5.41, 5.74) is 1.65. The molecule has 2 rings (SSSR count). The normalized spacial score (nSPS) is 14.8. The molecule has 1 aromatic heterocycles. The molecule has 0 aliphatic rings. The Labute approximate surface area is 118 Å². The first-order valence-electron chi connectivity index (χ1n) is 6.86. The van der Waals surface area contributed by atoms with Gasteiger partial charge in [0, 0.05) is 6.04 Å². The Morgan fingerprint density at radius 2 is 2.11 bits per heavy atom. The highest BCUT2D eigenvalue weighted by molar-refractivity contribution is 6.20. The Bertz CT molecular complexity index is 563. The van der Waals surface area contributed by atoms with E-state index in [1.807, 2.05) is 6.92 Å². The van der Waals surface area contributed by atoms with Gasteiger partial charge in [0.05, 0.1) is 16.4 Å². The van der Waals surface area contributed by atoms with Crippen LogP contribution >= 0.6 is 11.6 Å². The molecule has 1 aromatic carbocycles. The van der Waals surface area contributed by atoms with Gasteiger partial charge in [0.1, 0.15) is 11.6 Å². The van der Waals surface area contributed by atoms with E-state index in [1.54, 1.807) is 12.1 Å². The van der Waals surface area contributed by atoms with Crippen molar-refractivity contribution in [3.63, 3.8) is 0 Å². The van der Waals surface area contributed by atoms with E-state index in [-0.39, 0.29) is 17.2 Å². The van der Waals surface area contributed by atoms with Gasteiger partial charge < -0.3 is 4.57 Å². The number of nitrogens with zero attached hydrogens (tertiary/aromatic N) is 2. The molecule has 0 fully saturated rings. The summed E-state index contributed by atoms with van der Waals surface area (Å²) >= 11 is 6.22. The predicted octanol–water partition coefficient (Wildman–Crippen LogP) is 5.23. The molecule has 0 spiro atoms. The molecule has 2 unspecified atom stereocenters. The second kappa shape index (κ2) is 5.91. The number of hydrogen-bond acceptors (Lipinski definition) is 1. The molecule has 2 atom stereocenters. The van der Waals surface area contributed by atoms with E-state index >= 15 is 0 Å². The maximum absolute atomic E-state index is 13.5.